The molecule has 1 heterocycles. The van der Waals surface area contributed by atoms with Crippen LogP contribution in [0.1, 0.15) is 30.9 Å². The minimum absolute atomic E-state index is 0.0864. The van der Waals surface area contributed by atoms with Crippen LogP contribution in [0.25, 0.3) is 0 Å². The summed E-state index contributed by atoms with van der Waals surface area (Å²) in [4.78, 5) is 13.5. The normalized spacial score (nSPS) is 17.6. The summed E-state index contributed by atoms with van der Waals surface area (Å²) < 4.78 is 27.0. The predicted molar refractivity (Wildman–Crippen MR) is 68.6 cm³/mol. The van der Waals surface area contributed by atoms with Crippen molar-refractivity contribution in [3.05, 3.63) is 35.4 Å². The van der Waals surface area contributed by atoms with E-state index in [0.29, 0.717) is 19.5 Å². The molecule has 5 heteroatoms. The number of nitrogens with one attached hydrogen (secondary N) is 1. The second-order valence-electron chi connectivity index (χ2n) is 4.78. The molecular formula is C14H18F2N2O. The molecule has 0 radical (unpaired) electrons. The Morgan fingerprint density at radius 2 is 2.16 bits per heavy atom. The molecule has 0 bridgehead atoms. The lowest BCUT2D eigenvalue weighted by Crippen LogP contribution is -2.41. The highest BCUT2D eigenvalue weighted by Gasteiger charge is 2.24. The van der Waals surface area contributed by atoms with Gasteiger partial charge in [0.2, 0.25) is 5.91 Å². The van der Waals surface area contributed by atoms with Crippen molar-refractivity contribution in [2.24, 2.45) is 0 Å². The van der Waals surface area contributed by atoms with E-state index in [1.54, 1.807) is 18.0 Å². The minimum atomic E-state index is -0.859. The second kappa shape index (κ2) is 6.10. The van der Waals surface area contributed by atoms with E-state index >= 15 is 0 Å². The van der Waals surface area contributed by atoms with E-state index in [-0.39, 0.29) is 11.5 Å². The van der Waals surface area contributed by atoms with Gasteiger partial charge >= 0.3 is 0 Å². The van der Waals surface area contributed by atoms with Crippen LogP contribution in [-0.4, -0.2) is 30.9 Å². The van der Waals surface area contributed by atoms with Crippen molar-refractivity contribution >= 4 is 5.91 Å². The number of piperidine rings is 1. The van der Waals surface area contributed by atoms with E-state index in [1.807, 2.05) is 0 Å². The summed E-state index contributed by atoms with van der Waals surface area (Å²) in [7, 11) is 1.68. The first-order valence-electron chi connectivity index (χ1n) is 6.52. The third kappa shape index (κ3) is 3.10. The fourth-order valence-corrected chi connectivity index (χ4v) is 2.41. The van der Waals surface area contributed by atoms with Crippen molar-refractivity contribution in [3.63, 3.8) is 0 Å². The van der Waals surface area contributed by atoms with Crippen molar-refractivity contribution in [2.45, 2.75) is 25.3 Å². The highest BCUT2D eigenvalue weighted by atomic mass is 19.2. The number of carbonyl (C=O) groups excluding carboxylic acids is 1. The molecule has 104 valence electrons. The fraction of sp³-hybridized carbons (Fsp3) is 0.500. The van der Waals surface area contributed by atoms with Gasteiger partial charge in [0.25, 0.3) is 0 Å². The molecule has 2 rings (SSSR count). The zero-order valence-corrected chi connectivity index (χ0v) is 11.0. The first-order chi connectivity index (χ1) is 9.13. The van der Waals surface area contributed by atoms with E-state index in [0.717, 1.165) is 18.9 Å². The molecule has 19 heavy (non-hydrogen) atoms. The summed E-state index contributed by atoms with van der Waals surface area (Å²) in [6.45, 7) is 1.06. The van der Waals surface area contributed by atoms with Crippen LogP contribution in [0.2, 0.25) is 0 Å². The number of halogens is 2. The van der Waals surface area contributed by atoms with Gasteiger partial charge in [0.1, 0.15) is 0 Å². The maximum absolute atomic E-state index is 13.8. The molecule has 1 aliphatic heterocycles. The average Bonchev–Trinajstić information content (AvgIpc) is 2.41. The van der Waals surface area contributed by atoms with Gasteiger partial charge in [-0.25, -0.2) is 8.78 Å². The number of carbonyl (C=O) groups is 1. The lowest BCUT2D eigenvalue weighted by Gasteiger charge is -2.30. The summed E-state index contributed by atoms with van der Waals surface area (Å²) in [6, 6.07) is 3.74. The number of hydrogen-bond acceptors (Lipinski definition) is 2. The Labute approximate surface area is 111 Å². The molecule has 1 aliphatic rings. The Bertz CT molecular complexity index is 465. The van der Waals surface area contributed by atoms with Gasteiger partial charge < -0.3 is 10.2 Å². The van der Waals surface area contributed by atoms with Gasteiger partial charge in [-0.2, -0.15) is 0 Å². The molecule has 1 atom stereocenters. The van der Waals surface area contributed by atoms with Crippen LogP contribution >= 0.6 is 0 Å². The first-order valence-corrected chi connectivity index (χ1v) is 6.52. The van der Waals surface area contributed by atoms with E-state index in [4.69, 9.17) is 0 Å². The van der Waals surface area contributed by atoms with Crippen LogP contribution in [0.4, 0.5) is 8.78 Å². The zero-order valence-electron chi connectivity index (χ0n) is 11.0. The molecule has 1 aromatic carbocycles. The van der Waals surface area contributed by atoms with E-state index in [2.05, 4.69) is 5.32 Å². The third-order valence-corrected chi connectivity index (χ3v) is 3.53. The molecule has 1 amide bonds. The number of nitrogens with zero attached hydrogens (tertiary/aromatic N) is 1. The second-order valence-corrected chi connectivity index (χ2v) is 4.78. The van der Waals surface area contributed by atoms with Gasteiger partial charge in [-0.1, -0.05) is 12.1 Å². The van der Waals surface area contributed by atoms with Crippen molar-refractivity contribution in [1.29, 1.82) is 0 Å². The van der Waals surface area contributed by atoms with Crippen LogP contribution in [0.3, 0.4) is 0 Å². The van der Waals surface area contributed by atoms with Gasteiger partial charge in [0.15, 0.2) is 11.6 Å². The summed E-state index contributed by atoms with van der Waals surface area (Å²) in [5.41, 5.74) is 0.265. The SMILES string of the molecule is CNC(CN1CCCCC1=O)c1cccc(F)c1F. The molecule has 0 aliphatic carbocycles. The van der Waals surface area contributed by atoms with Crippen LogP contribution < -0.4 is 5.32 Å². The van der Waals surface area contributed by atoms with Crippen molar-refractivity contribution in [2.75, 3.05) is 20.1 Å². The topological polar surface area (TPSA) is 32.3 Å². The van der Waals surface area contributed by atoms with Crippen LogP contribution in [0, 0.1) is 11.6 Å². The largest absolute Gasteiger partial charge is 0.341 e. The third-order valence-electron chi connectivity index (χ3n) is 3.53. The molecule has 3 nitrogen and oxygen atoms in total. The molecule has 1 N–H and O–H groups in total. The summed E-state index contributed by atoms with van der Waals surface area (Å²) in [5, 5.41) is 2.95. The number of amides is 1. The van der Waals surface area contributed by atoms with Gasteiger partial charge in [0.05, 0.1) is 6.04 Å². The van der Waals surface area contributed by atoms with E-state index in [9.17, 15) is 13.6 Å². The number of hydrogen-bond donors (Lipinski definition) is 1. The Morgan fingerprint density at radius 3 is 2.84 bits per heavy atom. The average molecular weight is 268 g/mol. The molecule has 1 fully saturated rings. The summed E-state index contributed by atoms with van der Waals surface area (Å²) >= 11 is 0. The monoisotopic (exact) mass is 268 g/mol. The number of likely N-dealkylation sites (N-methyl/N-ethyl adjacent to an activating group) is 1. The smallest absolute Gasteiger partial charge is 0.222 e. The van der Waals surface area contributed by atoms with Gasteiger partial charge in [0, 0.05) is 25.1 Å². The summed E-state index contributed by atoms with van der Waals surface area (Å²) in [5.74, 6) is -1.61. The maximum Gasteiger partial charge on any atom is 0.222 e. The molecular weight excluding hydrogens is 250 g/mol. The highest BCUT2D eigenvalue weighted by Crippen LogP contribution is 2.22. The number of likely N-dealkylation sites (tertiary alicyclic amines) is 1. The van der Waals surface area contributed by atoms with Gasteiger partial charge in [-0.15, -0.1) is 0 Å². The standard InChI is InChI=1S/C14H18F2N2O/c1-17-12(9-18-8-3-2-7-13(18)19)10-5-4-6-11(15)14(10)16/h4-6,12,17H,2-3,7-9H2,1H3. The van der Waals surface area contributed by atoms with E-state index in [1.165, 1.54) is 6.07 Å². The quantitative estimate of drug-likeness (QED) is 0.908. The molecule has 0 spiro atoms. The predicted octanol–water partition coefficient (Wildman–Crippen LogP) is 2.24. The van der Waals surface area contributed by atoms with Crippen LogP contribution in [-0.2, 0) is 4.79 Å². The molecule has 1 unspecified atom stereocenters. The lowest BCUT2D eigenvalue weighted by atomic mass is 10.0. The number of rotatable bonds is 4. The van der Waals surface area contributed by atoms with Crippen molar-refractivity contribution in [1.82, 2.24) is 10.2 Å². The first kappa shape index (κ1) is 13.9. The Balaban J connectivity index is 2.15. The summed E-state index contributed by atoms with van der Waals surface area (Å²) in [6.07, 6.45) is 2.42. The van der Waals surface area contributed by atoms with E-state index < -0.39 is 17.7 Å². The lowest BCUT2D eigenvalue weighted by molar-refractivity contribution is -0.133. The molecule has 1 saturated heterocycles. The Kier molecular flexibility index (Phi) is 4.47. The maximum atomic E-state index is 13.8. The highest BCUT2D eigenvalue weighted by molar-refractivity contribution is 5.76. The zero-order chi connectivity index (χ0) is 13.8. The fourth-order valence-electron chi connectivity index (χ4n) is 2.41. The Morgan fingerprint density at radius 1 is 1.37 bits per heavy atom. The minimum Gasteiger partial charge on any atom is -0.341 e. The molecule has 0 aromatic heterocycles. The van der Waals surface area contributed by atoms with Gasteiger partial charge in [-0.3, -0.25) is 4.79 Å². The molecule has 1 aromatic rings. The van der Waals surface area contributed by atoms with Crippen molar-refractivity contribution in [3.8, 4) is 0 Å². The van der Waals surface area contributed by atoms with Crippen molar-refractivity contribution < 1.29 is 13.6 Å². The number of benzene rings is 1. The van der Waals surface area contributed by atoms with Crippen LogP contribution in [0.5, 0.6) is 0 Å². The van der Waals surface area contributed by atoms with Gasteiger partial charge in [-0.05, 0) is 26.0 Å². The van der Waals surface area contributed by atoms with Crippen LogP contribution in [0.15, 0.2) is 18.2 Å². The molecule has 0 saturated carbocycles. The Hall–Kier alpha value is -1.49.